The lowest BCUT2D eigenvalue weighted by Gasteiger charge is -2.07. The first-order valence-electron chi connectivity index (χ1n) is 6.22. The lowest BCUT2D eigenvalue weighted by molar-refractivity contribution is -0.137. The SMILES string of the molecule is FC(F)(F)c1cccc(Cc2cn3c(Cl)cccc3n2)c1. The van der Waals surface area contributed by atoms with E-state index in [1.807, 2.05) is 0 Å². The van der Waals surface area contributed by atoms with Gasteiger partial charge in [0.1, 0.15) is 10.8 Å². The molecule has 0 spiro atoms. The molecule has 0 fully saturated rings. The summed E-state index contributed by atoms with van der Waals surface area (Å²) < 4.78 is 39.8. The van der Waals surface area contributed by atoms with Crippen LogP contribution in [0.1, 0.15) is 16.8 Å². The number of rotatable bonds is 2. The topological polar surface area (TPSA) is 17.3 Å². The molecule has 0 saturated carbocycles. The average molecular weight is 311 g/mol. The lowest BCUT2D eigenvalue weighted by Crippen LogP contribution is -2.05. The Morgan fingerprint density at radius 1 is 1.10 bits per heavy atom. The molecular formula is C15H10ClF3N2. The van der Waals surface area contributed by atoms with E-state index in [0.29, 0.717) is 28.5 Å². The number of imidazole rings is 1. The quantitative estimate of drug-likeness (QED) is 0.632. The van der Waals surface area contributed by atoms with Crippen LogP contribution in [0.4, 0.5) is 13.2 Å². The predicted molar refractivity (Wildman–Crippen MR) is 74.5 cm³/mol. The van der Waals surface area contributed by atoms with E-state index < -0.39 is 11.7 Å². The number of pyridine rings is 1. The summed E-state index contributed by atoms with van der Waals surface area (Å²) in [4.78, 5) is 4.36. The summed E-state index contributed by atoms with van der Waals surface area (Å²) in [6.07, 6.45) is -2.28. The molecule has 0 radical (unpaired) electrons. The van der Waals surface area contributed by atoms with Gasteiger partial charge >= 0.3 is 6.18 Å². The predicted octanol–water partition coefficient (Wildman–Crippen LogP) is 4.60. The number of benzene rings is 1. The average Bonchev–Trinajstić information content (AvgIpc) is 2.82. The molecule has 0 atom stereocenters. The van der Waals surface area contributed by atoms with Crippen molar-refractivity contribution in [2.75, 3.05) is 0 Å². The molecule has 21 heavy (non-hydrogen) atoms. The van der Waals surface area contributed by atoms with Crippen LogP contribution in [-0.2, 0) is 12.6 Å². The van der Waals surface area contributed by atoms with Crippen LogP contribution in [0, 0.1) is 0 Å². The first kappa shape index (κ1) is 13.9. The second-order valence-electron chi connectivity index (χ2n) is 4.68. The van der Waals surface area contributed by atoms with Gasteiger partial charge in [-0.3, -0.25) is 4.40 Å². The molecule has 2 aromatic heterocycles. The van der Waals surface area contributed by atoms with Gasteiger partial charge < -0.3 is 0 Å². The summed E-state index contributed by atoms with van der Waals surface area (Å²) >= 11 is 6.03. The molecule has 2 heterocycles. The molecule has 0 bridgehead atoms. The van der Waals surface area contributed by atoms with E-state index in [1.54, 1.807) is 34.9 Å². The van der Waals surface area contributed by atoms with Gasteiger partial charge in [0.25, 0.3) is 0 Å². The number of halogens is 4. The molecule has 0 aliphatic carbocycles. The molecule has 0 N–H and O–H groups in total. The second-order valence-corrected chi connectivity index (χ2v) is 5.07. The van der Waals surface area contributed by atoms with Crippen molar-refractivity contribution in [2.24, 2.45) is 0 Å². The van der Waals surface area contributed by atoms with Crippen LogP contribution in [0.2, 0.25) is 5.15 Å². The first-order chi connectivity index (χ1) is 9.93. The maximum atomic E-state index is 12.7. The third-order valence-corrected chi connectivity index (χ3v) is 3.44. The van der Waals surface area contributed by atoms with Crippen molar-refractivity contribution in [1.29, 1.82) is 0 Å². The highest BCUT2D eigenvalue weighted by molar-refractivity contribution is 6.29. The maximum absolute atomic E-state index is 12.7. The Morgan fingerprint density at radius 2 is 1.86 bits per heavy atom. The molecule has 0 saturated heterocycles. The number of nitrogens with zero attached hydrogens (tertiary/aromatic N) is 2. The van der Waals surface area contributed by atoms with Crippen molar-refractivity contribution >= 4 is 17.2 Å². The van der Waals surface area contributed by atoms with Gasteiger partial charge in [-0.1, -0.05) is 35.9 Å². The van der Waals surface area contributed by atoms with Crippen LogP contribution >= 0.6 is 11.6 Å². The Labute approximate surface area is 123 Å². The van der Waals surface area contributed by atoms with Crippen molar-refractivity contribution < 1.29 is 13.2 Å². The van der Waals surface area contributed by atoms with E-state index in [4.69, 9.17) is 11.6 Å². The summed E-state index contributed by atoms with van der Waals surface area (Å²) in [5.74, 6) is 0. The number of hydrogen-bond acceptors (Lipinski definition) is 1. The maximum Gasteiger partial charge on any atom is 0.416 e. The molecule has 3 aromatic rings. The highest BCUT2D eigenvalue weighted by Crippen LogP contribution is 2.30. The van der Waals surface area contributed by atoms with Crippen molar-refractivity contribution in [1.82, 2.24) is 9.38 Å². The fourth-order valence-electron chi connectivity index (χ4n) is 2.18. The van der Waals surface area contributed by atoms with E-state index in [1.165, 1.54) is 6.07 Å². The van der Waals surface area contributed by atoms with E-state index in [0.717, 1.165) is 12.1 Å². The largest absolute Gasteiger partial charge is 0.416 e. The molecule has 0 aliphatic rings. The normalized spacial score (nSPS) is 12.0. The van der Waals surface area contributed by atoms with Crippen LogP contribution in [-0.4, -0.2) is 9.38 Å². The van der Waals surface area contributed by atoms with Gasteiger partial charge in [-0.2, -0.15) is 13.2 Å². The first-order valence-corrected chi connectivity index (χ1v) is 6.60. The van der Waals surface area contributed by atoms with Crippen molar-refractivity contribution in [3.8, 4) is 0 Å². The Bertz CT molecular complexity index is 793. The van der Waals surface area contributed by atoms with Crippen molar-refractivity contribution in [2.45, 2.75) is 12.6 Å². The zero-order valence-electron chi connectivity index (χ0n) is 10.7. The molecule has 3 rings (SSSR count). The third-order valence-electron chi connectivity index (χ3n) is 3.13. The zero-order valence-corrected chi connectivity index (χ0v) is 11.5. The number of aromatic nitrogens is 2. The van der Waals surface area contributed by atoms with Gasteiger partial charge in [0, 0.05) is 12.6 Å². The molecule has 6 heteroatoms. The number of hydrogen-bond donors (Lipinski definition) is 0. The van der Waals surface area contributed by atoms with E-state index in [9.17, 15) is 13.2 Å². The Hall–Kier alpha value is -2.01. The van der Waals surface area contributed by atoms with Crippen LogP contribution in [0.15, 0.2) is 48.7 Å². The van der Waals surface area contributed by atoms with Crippen LogP contribution in [0.25, 0.3) is 5.65 Å². The van der Waals surface area contributed by atoms with Gasteiger partial charge in [-0.15, -0.1) is 0 Å². The van der Waals surface area contributed by atoms with Gasteiger partial charge in [0.2, 0.25) is 0 Å². The van der Waals surface area contributed by atoms with Crippen molar-refractivity contribution in [3.63, 3.8) is 0 Å². The van der Waals surface area contributed by atoms with Gasteiger partial charge in [-0.25, -0.2) is 4.98 Å². The molecule has 1 aromatic carbocycles. The molecule has 0 unspecified atom stereocenters. The number of fused-ring (bicyclic) bond motifs is 1. The standard InChI is InChI=1S/C15H10ClF3N2/c16-13-5-2-6-14-20-12(9-21(13)14)8-10-3-1-4-11(7-10)15(17,18)19/h1-7,9H,8H2. The summed E-state index contributed by atoms with van der Waals surface area (Å²) in [7, 11) is 0. The third kappa shape index (κ3) is 2.88. The molecule has 0 amide bonds. The molecule has 108 valence electrons. The van der Waals surface area contributed by atoms with E-state index in [-0.39, 0.29) is 0 Å². The van der Waals surface area contributed by atoms with Gasteiger partial charge in [0.15, 0.2) is 0 Å². The Balaban J connectivity index is 1.93. The minimum Gasteiger partial charge on any atom is -0.290 e. The highest BCUT2D eigenvalue weighted by atomic mass is 35.5. The monoisotopic (exact) mass is 310 g/mol. The van der Waals surface area contributed by atoms with Crippen molar-refractivity contribution in [3.05, 3.63) is 70.6 Å². The summed E-state index contributed by atoms with van der Waals surface area (Å²) in [6, 6.07) is 10.6. The number of alkyl halides is 3. The Kier molecular flexibility index (Phi) is 3.37. The Morgan fingerprint density at radius 3 is 2.57 bits per heavy atom. The summed E-state index contributed by atoms with van der Waals surface area (Å²) in [5.41, 5.74) is 1.25. The van der Waals surface area contributed by atoms with Crippen LogP contribution in [0.3, 0.4) is 0 Å². The minimum absolute atomic E-state index is 0.321. The fraction of sp³-hybridized carbons (Fsp3) is 0.133. The molecule has 0 aliphatic heterocycles. The fourth-order valence-corrected chi connectivity index (χ4v) is 2.39. The lowest BCUT2D eigenvalue weighted by atomic mass is 10.1. The summed E-state index contributed by atoms with van der Waals surface area (Å²) in [6.45, 7) is 0. The van der Waals surface area contributed by atoms with Gasteiger partial charge in [-0.05, 0) is 23.8 Å². The highest BCUT2D eigenvalue weighted by Gasteiger charge is 2.30. The molecule has 2 nitrogen and oxygen atoms in total. The zero-order chi connectivity index (χ0) is 15.0. The smallest absolute Gasteiger partial charge is 0.290 e. The van der Waals surface area contributed by atoms with Gasteiger partial charge in [0.05, 0.1) is 11.3 Å². The molecular weight excluding hydrogens is 301 g/mol. The van der Waals surface area contributed by atoms with E-state index in [2.05, 4.69) is 4.98 Å². The van der Waals surface area contributed by atoms with Crippen LogP contribution < -0.4 is 0 Å². The minimum atomic E-state index is -4.34. The summed E-state index contributed by atoms with van der Waals surface area (Å²) in [5, 5.41) is 0.510. The van der Waals surface area contributed by atoms with E-state index >= 15 is 0 Å². The van der Waals surface area contributed by atoms with Crippen LogP contribution in [0.5, 0.6) is 0 Å². The second kappa shape index (κ2) is 5.07.